The van der Waals surface area contributed by atoms with E-state index in [1.807, 2.05) is 0 Å². The number of ether oxygens (including phenoxy) is 2. The zero-order valence-electron chi connectivity index (χ0n) is 17.2. The monoisotopic (exact) mass is 383 g/mol. The van der Waals surface area contributed by atoms with Crippen LogP contribution in [-0.2, 0) is 20.7 Å². The first-order chi connectivity index (χ1) is 13.7. The second-order valence-corrected chi connectivity index (χ2v) is 7.65. The first-order valence-electron chi connectivity index (χ1n) is 10.7. The van der Waals surface area contributed by atoms with Gasteiger partial charge in [-0.3, -0.25) is 4.79 Å². The first kappa shape index (κ1) is 20.8. The van der Waals surface area contributed by atoms with Gasteiger partial charge in [0.2, 0.25) is 0 Å². The number of likely N-dealkylation sites (N-methyl/N-ethyl adjacent to an activating group) is 1. The third-order valence-corrected chi connectivity index (χ3v) is 5.75. The second-order valence-electron chi connectivity index (χ2n) is 7.65. The van der Waals surface area contributed by atoms with Crippen LogP contribution in [0.1, 0.15) is 38.7 Å². The standard InChI is InChI=1S/C24H33NO3/c1-3-25(4-2)13-15-28-24(26)22(18-23-10-7-14-27-23)17-19-11-12-20-8-5-6-9-21(20)16-19/h5-6,8-9,11-12,16,22-23H,3-4,7,10,13-15,17-18H2,1-2H3/t22-,23+/m1/s1. The molecule has 1 aliphatic heterocycles. The van der Waals surface area contributed by atoms with E-state index in [1.165, 1.54) is 16.3 Å². The van der Waals surface area contributed by atoms with Crippen molar-refractivity contribution < 1.29 is 14.3 Å². The molecular formula is C24H33NO3. The van der Waals surface area contributed by atoms with Crippen LogP contribution in [0.4, 0.5) is 0 Å². The van der Waals surface area contributed by atoms with Gasteiger partial charge in [0.25, 0.3) is 0 Å². The molecule has 0 aliphatic carbocycles. The van der Waals surface area contributed by atoms with Crippen LogP contribution >= 0.6 is 0 Å². The number of carbonyl (C=O) groups is 1. The molecule has 1 aliphatic rings. The van der Waals surface area contributed by atoms with Gasteiger partial charge in [-0.1, -0.05) is 56.3 Å². The molecule has 2 aromatic carbocycles. The van der Waals surface area contributed by atoms with E-state index in [0.29, 0.717) is 13.0 Å². The average Bonchev–Trinajstić information content (AvgIpc) is 3.23. The Kier molecular flexibility index (Phi) is 7.87. The number of rotatable bonds is 10. The molecule has 0 radical (unpaired) electrons. The molecule has 0 N–H and O–H groups in total. The van der Waals surface area contributed by atoms with E-state index in [9.17, 15) is 4.79 Å². The summed E-state index contributed by atoms with van der Waals surface area (Å²) in [4.78, 5) is 15.1. The zero-order chi connectivity index (χ0) is 19.8. The third kappa shape index (κ3) is 5.79. The summed E-state index contributed by atoms with van der Waals surface area (Å²) in [5.74, 6) is -0.239. The molecule has 0 amide bonds. The Labute approximate surface area is 168 Å². The number of esters is 1. The van der Waals surface area contributed by atoms with Crippen LogP contribution < -0.4 is 0 Å². The van der Waals surface area contributed by atoms with Crippen LogP contribution in [0, 0.1) is 5.92 Å². The second kappa shape index (κ2) is 10.6. The largest absolute Gasteiger partial charge is 0.464 e. The van der Waals surface area contributed by atoms with E-state index in [0.717, 1.165) is 45.5 Å². The number of hydrogen-bond donors (Lipinski definition) is 0. The molecule has 2 atom stereocenters. The van der Waals surface area contributed by atoms with Gasteiger partial charge in [0.15, 0.2) is 0 Å². The van der Waals surface area contributed by atoms with Crippen LogP contribution in [0.15, 0.2) is 42.5 Å². The van der Waals surface area contributed by atoms with Crippen molar-refractivity contribution in [2.24, 2.45) is 5.92 Å². The molecule has 0 bridgehead atoms. The van der Waals surface area contributed by atoms with Gasteiger partial charge >= 0.3 is 5.97 Å². The molecule has 28 heavy (non-hydrogen) atoms. The summed E-state index contributed by atoms with van der Waals surface area (Å²) < 4.78 is 11.5. The summed E-state index contributed by atoms with van der Waals surface area (Å²) in [5.41, 5.74) is 1.18. The number of benzene rings is 2. The summed E-state index contributed by atoms with van der Waals surface area (Å²) in [6.45, 7) is 8.28. The van der Waals surface area contributed by atoms with E-state index < -0.39 is 0 Å². The van der Waals surface area contributed by atoms with Crippen molar-refractivity contribution >= 4 is 16.7 Å². The Balaban J connectivity index is 1.65. The van der Waals surface area contributed by atoms with Gasteiger partial charge in [0.1, 0.15) is 6.61 Å². The van der Waals surface area contributed by atoms with Gasteiger partial charge in [-0.25, -0.2) is 0 Å². The summed E-state index contributed by atoms with van der Waals surface area (Å²) in [7, 11) is 0. The van der Waals surface area contributed by atoms with E-state index in [4.69, 9.17) is 9.47 Å². The molecule has 0 saturated carbocycles. The van der Waals surface area contributed by atoms with Crippen molar-refractivity contribution in [1.82, 2.24) is 4.90 Å². The number of nitrogens with zero attached hydrogens (tertiary/aromatic N) is 1. The molecule has 3 rings (SSSR count). The van der Waals surface area contributed by atoms with Gasteiger partial charge < -0.3 is 14.4 Å². The number of carbonyl (C=O) groups excluding carboxylic acids is 1. The SMILES string of the molecule is CCN(CC)CCOC(=O)[C@H](Cc1ccc2ccccc2c1)C[C@@H]1CCCO1. The predicted molar refractivity (Wildman–Crippen MR) is 113 cm³/mol. The fraction of sp³-hybridized carbons (Fsp3) is 0.542. The summed E-state index contributed by atoms with van der Waals surface area (Å²) >= 11 is 0. The van der Waals surface area contributed by atoms with Gasteiger partial charge in [-0.05, 0) is 55.1 Å². The van der Waals surface area contributed by atoms with E-state index in [-0.39, 0.29) is 18.0 Å². The maximum atomic E-state index is 12.9. The molecule has 2 aromatic rings. The highest BCUT2D eigenvalue weighted by Gasteiger charge is 2.27. The van der Waals surface area contributed by atoms with Gasteiger partial charge in [0.05, 0.1) is 12.0 Å². The van der Waals surface area contributed by atoms with Crippen LogP contribution in [0.25, 0.3) is 10.8 Å². The van der Waals surface area contributed by atoms with Crippen LogP contribution in [0.2, 0.25) is 0 Å². The van der Waals surface area contributed by atoms with Crippen molar-refractivity contribution in [3.05, 3.63) is 48.0 Å². The Morgan fingerprint density at radius 2 is 1.96 bits per heavy atom. The summed E-state index contributed by atoms with van der Waals surface area (Å²) in [6.07, 6.45) is 3.76. The smallest absolute Gasteiger partial charge is 0.309 e. The fourth-order valence-corrected chi connectivity index (χ4v) is 3.99. The van der Waals surface area contributed by atoms with Crippen molar-refractivity contribution in [3.63, 3.8) is 0 Å². The fourth-order valence-electron chi connectivity index (χ4n) is 3.99. The van der Waals surface area contributed by atoms with Crippen molar-refractivity contribution in [3.8, 4) is 0 Å². The minimum Gasteiger partial charge on any atom is -0.464 e. The molecule has 1 heterocycles. The van der Waals surface area contributed by atoms with Gasteiger partial charge in [0, 0.05) is 13.2 Å². The lowest BCUT2D eigenvalue weighted by Crippen LogP contribution is -2.30. The van der Waals surface area contributed by atoms with Crippen LogP contribution in [0.5, 0.6) is 0 Å². The van der Waals surface area contributed by atoms with Gasteiger partial charge in [-0.2, -0.15) is 0 Å². The van der Waals surface area contributed by atoms with E-state index in [2.05, 4.69) is 61.2 Å². The van der Waals surface area contributed by atoms with Crippen molar-refractivity contribution in [2.45, 2.75) is 45.6 Å². The quantitative estimate of drug-likeness (QED) is 0.568. The first-order valence-corrected chi connectivity index (χ1v) is 10.7. The third-order valence-electron chi connectivity index (χ3n) is 5.75. The lowest BCUT2D eigenvalue weighted by molar-refractivity contribution is -0.150. The molecule has 4 nitrogen and oxygen atoms in total. The van der Waals surface area contributed by atoms with Crippen LogP contribution in [-0.4, -0.2) is 49.8 Å². The predicted octanol–water partition coefficient (Wildman–Crippen LogP) is 4.45. The summed E-state index contributed by atoms with van der Waals surface area (Å²) in [6, 6.07) is 14.8. The van der Waals surface area contributed by atoms with Crippen LogP contribution in [0.3, 0.4) is 0 Å². The maximum Gasteiger partial charge on any atom is 0.309 e. The van der Waals surface area contributed by atoms with E-state index >= 15 is 0 Å². The molecule has 4 heteroatoms. The Morgan fingerprint density at radius 3 is 2.68 bits per heavy atom. The molecular weight excluding hydrogens is 350 g/mol. The Morgan fingerprint density at radius 1 is 1.18 bits per heavy atom. The van der Waals surface area contributed by atoms with E-state index in [1.54, 1.807) is 0 Å². The molecule has 0 unspecified atom stereocenters. The molecule has 1 saturated heterocycles. The Hall–Kier alpha value is -1.91. The van der Waals surface area contributed by atoms with Crippen molar-refractivity contribution in [1.29, 1.82) is 0 Å². The molecule has 1 fully saturated rings. The van der Waals surface area contributed by atoms with Crippen molar-refractivity contribution in [2.75, 3.05) is 32.8 Å². The Bertz CT molecular complexity index is 750. The summed E-state index contributed by atoms with van der Waals surface area (Å²) in [5, 5.41) is 2.44. The minimum absolute atomic E-state index is 0.0872. The minimum atomic E-state index is -0.152. The maximum absolute atomic E-state index is 12.9. The lowest BCUT2D eigenvalue weighted by atomic mass is 9.92. The number of hydrogen-bond acceptors (Lipinski definition) is 4. The molecule has 0 spiro atoms. The lowest BCUT2D eigenvalue weighted by Gasteiger charge is -2.21. The highest BCUT2D eigenvalue weighted by molar-refractivity contribution is 5.83. The molecule has 0 aromatic heterocycles. The molecule has 152 valence electrons. The number of fused-ring (bicyclic) bond motifs is 1. The zero-order valence-corrected chi connectivity index (χ0v) is 17.2. The highest BCUT2D eigenvalue weighted by atomic mass is 16.5. The highest BCUT2D eigenvalue weighted by Crippen LogP contribution is 2.25. The van der Waals surface area contributed by atoms with Gasteiger partial charge in [-0.15, -0.1) is 0 Å². The average molecular weight is 384 g/mol. The normalized spacial score (nSPS) is 17.9. The topological polar surface area (TPSA) is 38.8 Å².